The summed E-state index contributed by atoms with van der Waals surface area (Å²) in [7, 11) is 1.30. The van der Waals surface area contributed by atoms with Gasteiger partial charge in [0, 0.05) is 36.0 Å². The highest BCUT2D eigenvalue weighted by molar-refractivity contribution is 6.31. The van der Waals surface area contributed by atoms with Crippen molar-refractivity contribution in [2.75, 3.05) is 19.0 Å². The average Bonchev–Trinajstić information content (AvgIpc) is 2.97. The highest BCUT2D eigenvalue weighted by atomic mass is 35.5. The zero-order chi connectivity index (χ0) is 29.3. The number of nitrogens with one attached hydrogen (secondary N) is 1. The molecule has 7 nitrogen and oxygen atoms in total. The van der Waals surface area contributed by atoms with Crippen LogP contribution in [0, 0.1) is 17.6 Å². The summed E-state index contributed by atoms with van der Waals surface area (Å²) in [4.78, 5) is 45.0. The molecule has 2 atom stereocenters. The predicted octanol–water partition coefficient (Wildman–Crippen LogP) is 6.58. The molecule has 3 heterocycles. The molecule has 1 N–H and O–H groups in total. The Morgan fingerprint density at radius 3 is 2.68 bits per heavy atom. The Morgan fingerprint density at radius 2 is 1.93 bits per heavy atom. The van der Waals surface area contributed by atoms with E-state index >= 15 is 0 Å². The Labute approximate surface area is 241 Å². The molecule has 10 heteroatoms. The van der Waals surface area contributed by atoms with Gasteiger partial charge in [0.05, 0.1) is 35.0 Å². The van der Waals surface area contributed by atoms with E-state index < -0.39 is 29.6 Å². The average molecular weight is 580 g/mol. The van der Waals surface area contributed by atoms with Gasteiger partial charge in [-0.2, -0.15) is 0 Å². The summed E-state index contributed by atoms with van der Waals surface area (Å²) < 4.78 is 34.1. The SMILES string of the molecule is COC(=O)c1ccc2c(c1)-c1ccnc(c1)C(N1CCC(c3c(F)ccc(Cl)c3F)=CC1=O)CCCC(C)C(=O)N2. The number of carbonyl (C=O) groups is 3. The van der Waals surface area contributed by atoms with Crippen LogP contribution in [-0.4, -0.2) is 41.3 Å². The number of anilines is 1. The summed E-state index contributed by atoms with van der Waals surface area (Å²) in [5, 5.41) is 2.77. The molecule has 0 fully saturated rings. The standard InChI is InChI=1S/C31H28ClF2N3O4/c1-17-4-3-5-26(37-13-11-19(16-27(37)38)28-23(33)8-7-22(32)29(28)34)25-15-18(10-12-35-25)21-14-20(31(40)41-2)6-9-24(21)36-30(17)39/h6-10,12,14-17,26H,3-5,11,13H2,1-2H3,(H,36,39). The lowest BCUT2D eigenvalue weighted by Gasteiger charge is -2.34. The number of amides is 2. The number of rotatable bonds is 3. The maximum absolute atomic E-state index is 14.7. The molecule has 41 heavy (non-hydrogen) atoms. The second kappa shape index (κ2) is 11.8. The van der Waals surface area contributed by atoms with Gasteiger partial charge < -0.3 is 15.0 Å². The molecule has 2 aliphatic rings. The minimum atomic E-state index is -0.892. The molecular weight excluding hydrogens is 552 g/mol. The van der Waals surface area contributed by atoms with Gasteiger partial charge >= 0.3 is 5.97 Å². The number of pyridine rings is 1. The van der Waals surface area contributed by atoms with Crippen molar-refractivity contribution in [3.8, 4) is 11.1 Å². The quantitative estimate of drug-likeness (QED) is 0.280. The third kappa shape index (κ3) is 5.72. The van der Waals surface area contributed by atoms with E-state index in [9.17, 15) is 23.2 Å². The number of hydrogen-bond acceptors (Lipinski definition) is 5. The lowest BCUT2D eigenvalue weighted by Crippen LogP contribution is -2.38. The fourth-order valence-corrected chi connectivity index (χ4v) is 5.54. The summed E-state index contributed by atoms with van der Waals surface area (Å²) in [6.07, 6.45) is 4.83. The van der Waals surface area contributed by atoms with Gasteiger partial charge in [-0.15, -0.1) is 0 Å². The molecule has 0 saturated carbocycles. The summed E-state index contributed by atoms with van der Waals surface area (Å²) in [6, 6.07) is 10.3. The lowest BCUT2D eigenvalue weighted by atomic mass is 9.92. The van der Waals surface area contributed by atoms with Gasteiger partial charge in [-0.3, -0.25) is 14.6 Å². The number of carbonyl (C=O) groups excluding carboxylic acids is 3. The van der Waals surface area contributed by atoms with Gasteiger partial charge in [-0.25, -0.2) is 13.6 Å². The highest BCUT2D eigenvalue weighted by Gasteiger charge is 2.31. The van der Waals surface area contributed by atoms with Crippen molar-refractivity contribution in [1.82, 2.24) is 9.88 Å². The minimum absolute atomic E-state index is 0.157. The Morgan fingerprint density at radius 1 is 1.12 bits per heavy atom. The van der Waals surface area contributed by atoms with Crippen LogP contribution in [0.4, 0.5) is 14.5 Å². The molecule has 2 bridgehead atoms. The van der Waals surface area contributed by atoms with Crippen molar-refractivity contribution in [3.05, 3.63) is 88.2 Å². The van der Waals surface area contributed by atoms with Crippen LogP contribution in [0.2, 0.25) is 5.02 Å². The van der Waals surface area contributed by atoms with Gasteiger partial charge in [-0.1, -0.05) is 24.9 Å². The van der Waals surface area contributed by atoms with Gasteiger partial charge in [0.2, 0.25) is 11.8 Å². The van der Waals surface area contributed by atoms with E-state index in [2.05, 4.69) is 10.3 Å². The molecule has 2 aliphatic heterocycles. The van der Waals surface area contributed by atoms with Gasteiger partial charge in [0.1, 0.15) is 5.82 Å². The number of ether oxygens (including phenoxy) is 1. The van der Waals surface area contributed by atoms with Crippen molar-refractivity contribution < 1.29 is 27.9 Å². The summed E-state index contributed by atoms with van der Waals surface area (Å²) in [6.45, 7) is 2.05. The fourth-order valence-electron chi connectivity index (χ4n) is 5.39. The van der Waals surface area contributed by atoms with Crippen molar-refractivity contribution in [3.63, 3.8) is 0 Å². The molecule has 1 aromatic heterocycles. The van der Waals surface area contributed by atoms with Crippen molar-refractivity contribution in [2.45, 2.75) is 38.6 Å². The van der Waals surface area contributed by atoms with E-state index in [0.717, 1.165) is 12.1 Å². The summed E-state index contributed by atoms with van der Waals surface area (Å²) in [5.74, 6) is -3.05. The zero-order valence-electron chi connectivity index (χ0n) is 22.5. The zero-order valence-corrected chi connectivity index (χ0v) is 23.3. The largest absolute Gasteiger partial charge is 0.465 e. The van der Waals surface area contributed by atoms with Crippen LogP contribution in [0.5, 0.6) is 0 Å². The molecule has 2 amide bonds. The molecule has 2 aromatic carbocycles. The Kier molecular flexibility index (Phi) is 8.17. The topological polar surface area (TPSA) is 88.6 Å². The first-order valence-electron chi connectivity index (χ1n) is 13.3. The van der Waals surface area contributed by atoms with Crippen LogP contribution >= 0.6 is 11.6 Å². The second-order valence-electron chi connectivity index (χ2n) is 10.2. The number of benzene rings is 2. The first-order chi connectivity index (χ1) is 19.7. The molecule has 0 aliphatic carbocycles. The number of fused-ring (bicyclic) bond motifs is 4. The molecular formula is C31H28ClF2N3O4. The molecule has 0 spiro atoms. The van der Waals surface area contributed by atoms with Crippen LogP contribution in [0.25, 0.3) is 16.7 Å². The molecule has 0 saturated heterocycles. The Hall–Kier alpha value is -4.11. The number of hydrogen-bond donors (Lipinski definition) is 1. The molecule has 2 unspecified atom stereocenters. The Bertz CT molecular complexity index is 1570. The van der Waals surface area contributed by atoms with E-state index in [1.165, 1.54) is 13.2 Å². The summed E-state index contributed by atoms with van der Waals surface area (Å²) >= 11 is 5.88. The summed E-state index contributed by atoms with van der Waals surface area (Å²) in [5.41, 5.74) is 2.74. The van der Waals surface area contributed by atoms with E-state index in [0.29, 0.717) is 47.3 Å². The number of methoxy groups -OCH3 is 1. The van der Waals surface area contributed by atoms with Crippen molar-refractivity contribution in [2.24, 2.45) is 5.92 Å². The molecule has 5 rings (SSSR count). The van der Waals surface area contributed by atoms with Crippen LogP contribution in [0.3, 0.4) is 0 Å². The monoisotopic (exact) mass is 579 g/mol. The first kappa shape index (κ1) is 28.4. The van der Waals surface area contributed by atoms with E-state index in [-0.39, 0.29) is 40.9 Å². The maximum Gasteiger partial charge on any atom is 0.337 e. The molecule has 212 valence electrons. The van der Waals surface area contributed by atoms with Crippen LogP contribution < -0.4 is 5.32 Å². The number of halogens is 3. The van der Waals surface area contributed by atoms with Crippen LogP contribution in [-0.2, 0) is 14.3 Å². The fraction of sp³-hybridized carbons (Fsp3) is 0.290. The van der Waals surface area contributed by atoms with Gasteiger partial charge in [-0.05, 0) is 72.9 Å². The lowest BCUT2D eigenvalue weighted by molar-refractivity contribution is -0.129. The van der Waals surface area contributed by atoms with E-state index in [4.69, 9.17) is 16.3 Å². The van der Waals surface area contributed by atoms with Crippen LogP contribution in [0.1, 0.15) is 60.3 Å². The van der Waals surface area contributed by atoms with E-state index in [1.54, 1.807) is 35.4 Å². The third-order valence-electron chi connectivity index (χ3n) is 7.64. The van der Waals surface area contributed by atoms with E-state index in [1.807, 2.05) is 13.0 Å². The van der Waals surface area contributed by atoms with Crippen molar-refractivity contribution in [1.29, 1.82) is 0 Å². The van der Waals surface area contributed by atoms with Crippen LogP contribution in [0.15, 0.2) is 54.7 Å². The number of aromatic nitrogens is 1. The third-order valence-corrected chi connectivity index (χ3v) is 7.93. The number of esters is 1. The molecule has 0 radical (unpaired) electrons. The predicted molar refractivity (Wildman–Crippen MR) is 151 cm³/mol. The highest BCUT2D eigenvalue weighted by Crippen LogP contribution is 2.37. The molecule has 3 aromatic rings. The van der Waals surface area contributed by atoms with Gasteiger partial charge in [0.25, 0.3) is 0 Å². The first-order valence-corrected chi connectivity index (χ1v) is 13.7. The minimum Gasteiger partial charge on any atom is -0.465 e. The number of nitrogens with zero attached hydrogens (tertiary/aromatic N) is 2. The Balaban J connectivity index is 1.56. The maximum atomic E-state index is 14.7. The smallest absolute Gasteiger partial charge is 0.337 e. The normalized spacial score (nSPS) is 19.3. The second-order valence-corrected chi connectivity index (χ2v) is 10.6. The van der Waals surface area contributed by atoms with Crippen molar-refractivity contribution >= 4 is 40.6 Å². The van der Waals surface area contributed by atoms with Gasteiger partial charge in [0.15, 0.2) is 5.82 Å².